The zero-order valence-electron chi connectivity index (χ0n) is 17.7. The predicted octanol–water partition coefficient (Wildman–Crippen LogP) is 4.07. The summed E-state index contributed by atoms with van der Waals surface area (Å²) in [5.41, 5.74) is 4.47. The monoisotopic (exact) mass is 417 g/mol. The molecule has 0 unspecified atom stereocenters. The van der Waals surface area contributed by atoms with Crippen molar-refractivity contribution in [3.63, 3.8) is 0 Å². The number of nitrogens with one attached hydrogen (secondary N) is 2. The van der Waals surface area contributed by atoms with Crippen LogP contribution in [0, 0.1) is 5.82 Å². The van der Waals surface area contributed by atoms with Gasteiger partial charge in [0.25, 0.3) is 0 Å². The number of carbonyl (C=O) groups excluding carboxylic acids is 1. The van der Waals surface area contributed by atoms with E-state index in [0.29, 0.717) is 24.7 Å². The van der Waals surface area contributed by atoms with Crippen LogP contribution in [0.3, 0.4) is 0 Å². The highest BCUT2D eigenvalue weighted by Crippen LogP contribution is 2.26. The molecule has 0 saturated heterocycles. The first-order valence-electron chi connectivity index (χ1n) is 10.1. The highest BCUT2D eigenvalue weighted by Gasteiger charge is 2.21. The first kappa shape index (κ1) is 20.7. The molecule has 1 aliphatic rings. The minimum absolute atomic E-state index is 0.143. The standard InChI is InChI=1S/C24H24FN5O/c1-15(31)28-23-20-12-16(4-5-17(20)13-26-23)21-10-11-22(30-29-21)27-14-24(2,3)18-6-8-19(25)9-7-18/h4-12H,13-14H2,1-3H3,(H,27,30)(H,26,28,31). The Kier molecular flexibility index (Phi) is 5.50. The minimum atomic E-state index is -0.240. The minimum Gasteiger partial charge on any atom is -0.368 e. The van der Waals surface area contributed by atoms with Gasteiger partial charge in [-0.2, -0.15) is 0 Å². The van der Waals surface area contributed by atoms with Gasteiger partial charge in [-0.25, -0.2) is 4.39 Å². The molecule has 7 heteroatoms. The van der Waals surface area contributed by atoms with Crippen molar-refractivity contribution >= 4 is 17.6 Å². The lowest BCUT2D eigenvalue weighted by atomic mass is 9.84. The lowest BCUT2D eigenvalue weighted by Gasteiger charge is -2.25. The fraction of sp³-hybridized carbons (Fsp3) is 0.250. The second-order valence-corrected chi connectivity index (χ2v) is 8.27. The SMILES string of the molecule is CC(=O)NC1=NCc2ccc(-c3ccc(NCC(C)(C)c4ccc(F)cc4)nn3)cc21. The molecule has 2 aromatic carbocycles. The third-order valence-corrected chi connectivity index (χ3v) is 5.36. The zero-order valence-corrected chi connectivity index (χ0v) is 17.7. The largest absolute Gasteiger partial charge is 0.368 e. The molecule has 0 spiro atoms. The number of nitrogens with zero attached hydrogens (tertiary/aromatic N) is 3. The number of halogens is 1. The summed E-state index contributed by atoms with van der Waals surface area (Å²) in [7, 11) is 0. The quantitative estimate of drug-likeness (QED) is 0.656. The highest BCUT2D eigenvalue weighted by atomic mass is 19.1. The van der Waals surface area contributed by atoms with Crippen LogP contribution in [-0.4, -0.2) is 28.5 Å². The second kappa shape index (κ2) is 8.26. The number of anilines is 1. The number of carbonyl (C=O) groups is 1. The van der Waals surface area contributed by atoms with Crippen molar-refractivity contribution < 1.29 is 9.18 Å². The molecule has 2 N–H and O–H groups in total. The number of hydrogen-bond acceptors (Lipinski definition) is 5. The number of hydrogen-bond donors (Lipinski definition) is 2. The first-order chi connectivity index (χ1) is 14.8. The maximum absolute atomic E-state index is 13.2. The number of amides is 1. The summed E-state index contributed by atoms with van der Waals surface area (Å²) in [6, 6.07) is 16.3. The van der Waals surface area contributed by atoms with Gasteiger partial charge in [-0.1, -0.05) is 38.1 Å². The van der Waals surface area contributed by atoms with Crippen molar-refractivity contribution in [2.24, 2.45) is 4.99 Å². The molecule has 0 atom stereocenters. The van der Waals surface area contributed by atoms with E-state index in [4.69, 9.17) is 0 Å². The van der Waals surface area contributed by atoms with Crippen molar-refractivity contribution in [2.45, 2.75) is 32.7 Å². The second-order valence-electron chi connectivity index (χ2n) is 8.27. The van der Waals surface area contributed by atoms with Crippen LogP contribution in [0.5, 0.6) is 0 Å². The van der Waals surface area contributed by atoms with Crippen molar-refractivity contribution in [3.05, 3.63) is 77.1 Å². The van der Waals surface area contributed by atoms with E-state index in [9.17, 15) is 9.18 Å². The van der Waals surface area contributed by atoms with E-state index in [1.54, 1.807) is 12.1 Å². The number of aromatic nitrogens is 2. The van der Waals surface area contributed by atoms with E-state index in [2.05, 4.69) is 39.7 Å². The smallest absolute Gasteiger partial charge is 0.222 e. The van der Waals surface area contributed by atoms with Gasteiger partial charge in [-0.15, -0.1) is 10.2 Å². The molecule has 6 nitrogen and oxygen atoms in total. The van der Waals surface area contributed by atoms with Crippen molar-refractivity contribution in [1.82, 2.24) is 15.5 Å². The summed E-state index contributed by atoms with van der Waals surface area (Å²) in [4.78, 5) is 15.8. The van der Waals surface area contributed by atoms with Crippen molar-refractivity contribution in [1.29, 1.82) is 0 Å². The van der Waals surface area contributed by atoms with Crippen LogP contribution in [0.4, 0.5) is 10.2 Å². The molecule has 0 fully saturated rings. The van der Waals surface area contributed by atoms with Gasteiger partial charge in [0.05, 0.1) is 12.2 Å². The summed E-state index contributed by atoms with van der Waals surface area (Å²) in [5, 5.41) is 14.8. The number of fused-ring (bicyclic) bond motifs is 1. The summed E-state index contributed by atoms with van der Waals surface area (Å²) >= 11 is 0. The van der Waals surface area contributed by atoms with Crippen molar-refractivity contribution in [3.8, 4) is 11.3 Å². The van der Waals surface area contributed by atoms with Crippen molar-refractivity contribution in [2.75, 3.05) is 11.9 Å². The molecule has 1 aromatic heterocycles. The summed E-state index contributed by atoms with van der Waals surface area (Å²) < 4.78 is 13.2. The normalized spacial score (nSPS) is 12.8. The molecule has 3 aromatic rings. The van der Waals surface area contributed by atoms with Gasteiger partial charge in [-0.05, 0) is 41.5 Å². The number of aliphatic imine (C=N–C) groups is 1. The van der Waals surface area contributed by atoms with E-state index in [-0.39, 0.29) is 17.1 Å². The Bertz CT molecular complexity index is 1140. The third-order valence-electron chi connectivity index (χ3n) is 5.36. The number of rotatable bonds is 5. The Balaban J connectivity index is 1.46. The first-order valence-corrected chi connectivity index (χ1v) is 10.1. The number of benzene rings is 2. The molecule has 0 saturated carbocycles. The molecule has 4 rings (SSSR count). The average Bonchev–Trinajstić information content (AvgIpc) is 3.14. The molecule has 31 heavy (non-hydrogen) atoms. The molecule has 1 aliphatic heterocycles. The summed E-state index contributed by atoms with van der Waals surface area (Å²) in [5.74, 6) is 0.881. The maximum atomic E-state index is 13.2. The van der Waals surface area contributed by atoms with Gasteiger partial charge in [0.2, 0.25) is 5.91 Å². The Morgan fingerprint density at radius 1 is 1.06 bits per heavy atom. The van der Waals surface area contributed by atoms with E-state index in [0.717, 1.165) is 27.9 Å². The van der Waals surface area contributed by atoms with Crippen LogP contribution in [0.1, 0.15) is 37.5 Å². The van der Waals surface area contributed by atoms with Gasteiger partial charge in [0, 0.05) is 30.0 Å². The van der Waals surface area contributed by atoms with E-state index < -0.39 is 0 Å². The predicted molar refractivity (Wildman–Crippen MR) is 119 cm³/mol. The Morgan fingerprint density at radius 2 is 1.84 bits per heavy atom. The Hall–Kier alpha value is -3.61. The van der Waals surface area contributed by atoms with Crippen LogP contribution in [-0.2, 0) is 16.8 Å². The molecule has 0 radical (unpaired) electrons. The van der Waals surface area contributed by atoms with Gasteiger partial charge in [-0.3, -0.25) is 9.79 Å². The molecular weight excluding hydrogens is 393 g/mol. The Labute approximate surface area is 180 Å². The lowest BCUT2D eigenvalue weighted by Crippen LogP contribution is -2.28. The summed E-state index contributed by atoms with van der Waals surface area (Å²) in [6.07, 6.45) is 0. The molecule has 1 amide bonds. The molecule has 0 bridgehead atoms. The maximum Gasteiger partial charge on any atom is 0.222 e. The van der Waals surface area contributed by atoms with Crippen LogP contribution in [0.2, 0.25) is 0 Å². The molecule has 158 valence electrons. The lowest BCUT2D eigenvalue weighted by molar-refractivity contribution is -0.117. The van der Waals surface area contributed by atoms with Crippen LogP contribution in [0.15, 0.2) is 59.6 Å². The van der Waals surface area contributed by atoms with Gasteiger partial charge < -0.3 is 10.6 Å². The fourth-order valence-corrected chi connectivity index (χ4v) is 3.51. The molecule has 2 heterocycles. The van der Waals surface area contributed by atoms with E-state index >= 15 is 0 Å². The molecular formula is C24H24FN5O. The van der Waals surface area contributed by atoms with Crippen LogP contribution >= 0.6 is 0 Å². The zero-order chi connectivity index (χ0) is 22.0. The van der Waals surface area contributed by atoms with Gasteiger partial charge in [0.15, 0.2) is 0 Å². The molecule has 0 aliphatic carbocycles. The van der Waals surface area contributed by atoms with E-state index in [1.807, 2.05) is 30.3 Å². The van der Waals surface area contributed by atoms with Gasteiger partial charge >= 0.3 is 0 Å². The van der Waals surface area contributed by atoms with Gasteiger partial charge in [0.1, 0.15) is 17.5 Å². The summed E-state index contributed by atoms with van der Waals surface area (Å²) in [6.45, 7) is 6.84. The van der Waals surface area contributed by atoms with E-state index in [1.165, 1.54) is 19.1 Å². The van der Waals surface area contributed by atoms with Crippen LogP contribution < -0.4 is 10.6 Å². The average molecular weight is 417 g/mol. The topological polar surface area (TPSA) is 79.3 Å². The highest BCUT2D eigenvalue weighted by molar-refractivity contribution is 6.10. The van der Waals surface area contributed by atoms with Crippen LogP contribution in [0.25, 0.3) is 11.3 Å². The fourth-order valence-electron chi connectivity index (χ4n) is 3.51. The third kappa shape index (κ3) is 4.60. The number of amidine groups is 1. The Morgan fingerprint density at radius 3 is 2.52 bits per heavy atom.